The van der Waals surface area contributed by atoms with E-state index in [9.17, 15) is 4.39 Å². The van der Waals surface area contributed by atoms with Gasteiger partial charge in [-0.05, 0) is 28.5 Å². The van der Waals surface area contributed by atoms with Crippen molar-refractivity contribution in [2.24, 2.45) is 5.84 Å². The van der Waals surface area contributed by atoms with Gasteiger partial charge in [0.05, 0.1) is 23.8 Å². The van der Waals surface area contributed by atoms with E-state index in [0.29, 0.717) is 23.2 Å². The lowest BCUT2D eigenvalue weighted by atomic mass is 10.00. The van der Waals surface area contributed by atoms with Gasteiger partial charge in [-0.15, -0.1) is 0 Å². The average Bonchev–Trinajstić information content (AvgIpc) is 2.48. The third kappa shape index (κ3) is 3.32. The highest BCUT2D eigenvalue weighted by molar-refractivity contribution is 9.10. The number of morpholine rings is 1. The normalized spacial score (nSPS) is 21.9. The van der Waals surface area contributed by atoms with Crippen LogP contribution >= 0.6 is 27.5 Å². The Bertz CT molecular complexity index is 477. The highest BCUT2D eigenvalue weighted by Gasteiger charge is 2.30. The maximum absolute atomic E-state index is 14.3. The van der Waals surface area contributed by atoms with Crippen molar-refractivity contribution >= 4 is 27.5 Å². The molecule has 1 saturated heterocycles. The molecule has 0 saturated carbocycles. The Kier molecular flexibility index (Phi) is 5.77. The molecular formula is C13H18BrClFN3O. The number of ether oxygens (including phenoxy) is 1. The molecule has 20 heavy (non-hydrogen) atoms. The van der Waals surface area contributed by atoms with E-state index in [4.69, 9.17) is 22.2 Å². The van der Waals surface area contributed by atoms with Crippen LogP contribution in [0.4, 0.5) is 4.39 Å². The minimum atomic E-state index is -0.471. The van der Waals surface area contributed by atoms with Gasteiger partial charge in [0.15, 0.2) is 0 Å². The molecule has 0 aliphatic carbocycles. The summed E-state index contributed by atoms with van der Waals surface area (Å²) in [6, 6.07) is 2.95. The summed E-state index contributed by atoms with van der Waals surface area (Å²) >= 11 is 9.14. The zero-order chi connectivity index (χ0) is 14.7. The van der Waals surface area contributed by atoms with Crippen LogP contribution in [-0.4, -0.2) is 37.2 Å². The van der Waals surface area contributed by atoms with Gasteiger partial charge in [0.2, 0.25) is 0 Å². The number of likely N-dealkylation sites (N-methyl/N-ethyl adjacent to an activating group) is 1. The quantitative estimate of drug-likeness (QED) is 0.488. The predicted molar refractivity (Wildman–Crippen MR) is 81.0 cm³/mol. The van der Waals surface area contributed by atoms with Gasteiger partial charge in [-0.1, -0.05) is 24.6 Å². The maximum atomic E-state index is 14.3. The molecule has 1 aromatic carbocycles. The highest BCUT2D eigenvalue weighted by Crippen LogP contribution is 2.32. The van der Waals surface area contributed by atoms with Crippen LogP contribution < -0.4 is 11.3 Å². The number of halogens is 3. The summed E-state index contributed by atoms with van der Waals surface area (Å²) in [5.41, 5.74) is 3.07. The van der Waals surface area contributed by atoms with Gasteiger partial charge >= 0.3 is 0 Å². The van der Waals surface area contributed by atoms with Crippen molar-refractivity contribution in [1.29, 1.82) is 0 Å². The van der Waals surface area contributed by atoms with E-state index in [1.54, 1.807) is 12.1 Å². The van der Waals surface area contributed by atoms with Crippen molar-refractivity contribution in [3.63, 3.8) is 0 Å². The summed E-state index contributed by atoms with van der Waals surface area (Å²) < 4.78 is 20.6. The Morgan fingerprint density at radius 1 is 1.65 bits per heavy atom. The number of benzene rings is 1. The first-order valence-electron chi connectivity index (χ1n) is 6.52. The number of hydrazine groups is 1. The minimum Gasteiger partial charge on any atom is -0.374 e. The van der Waals surface area contributed by atoms with E-state index in [1.165, 1.54) is 0 Å². The van der Waals surface area contributed by atoms with E-state index < -0.39 is 11.9 Å². The molecule has 0 radical (unpaired) electrons. The highest BCUT2D eigenvalue weighted by atomic mass is 79.9. The van der Waals surface area contributed by atoms with Crippen molar-refractivity contribution in [2.45, 2.75) is 19.1 Å². The predicted octanol–water partition coefficient (Wildman–Crippen LogP) is 2.47. The molecule has 4 nitrogen and oxygen atoms in total. The zero-order valence-corrected chi connectivity index (χ0v) is 13.5. The second-order valence-electron chi connectivity index (χ2n) is 4.71. The number of nitrogens with one attached hydrogen (secondary N) is 1. The fourth-order valence-electron chi connectivity index (χ4n) is 2.40. The van der Waals surface area contributed by atoms with E-state index in [1.807, 2.05) is 0 Å². The summed E-state index contributed by atoms with van der Waals surface area (Å²) in [5.74, 6) is 5.14. The van der Waals surface area contributed by atoms with Gasteiger partial charge in [-0.25, -0.2) is 4.39 Å². The van der Waals surface area contributed by atoms with E-state index in [-0.39, 0.29) is 11.1 Å². The molecule has 112 valence electrons. The molecule has 1 aliphatic heterocycles. The van der Waals surface area contributed by atoms with Crippen LogP contribution in [0.1, 0.15) is 18.5 Å². The Labute approximate surface area is 131 Å². The Morgan fingerprint density at radius 3 is 3.05 bits per heavy atom. The van der Waals surface area contributed by atoms with Gasteiger partial charge in [0.25, 0.3) is 0 Å². The molecule has 1 aliphatic rings. The molecule has 0 amide bonds. The monoisotopic (exact) mass is 365 g/mol. The number of rotatable bonds is 4. The fraction of sp³-hybridized carbons (Fsp3) is 0.538. The molecule has 2 atom stereocenters. The van der Waals surface area contributed by atoms with E-state index in [0.717, 1.165) is 13.1 Å². The fourth-order valence-corrected chi connectivity index (χ4v) is 2.88. The summed E-state index contributed by atoms with van der Waals surface area (Å²) in [7, 11) is 0. The zero-order valence-electron chi connectivity index (χ0n) is 11.2. The van der Waals surface area contributed by atoms with E-state index in [2.05, 4.69) is 33.2 Å². The topological polar surface area (TPSA) is 50.5 Å². The molecule has 0 aromatic heterocycles. The molecule has 7 heteroatoms. The minimum absolute atomic E-state index is 0.0610. The number of nitrogens with two attached hydrogens (primary N) is 1. The first-order chi connectivity index (χ1) is 9.58. The Morgan fingerprint density at radius 2 is 2.40 bits per heavy atom. The molecule has 1 aromatic rings. The summed E-state index contributed by atoms with van der Waals surface area (Å²) in [6.07, 6.45) is -0.208. The SMILES string of the molecule is CCN1CCOC(C(NN)c2ccc(Br)c(Cl)c2F)C1. The van der Waals surface area contributed by atoms with Crippen LogP contribution in [0.2, 0.25) is 5.02 Å². The van der Waals surface area contributed by atoms with Gasteiger partial charge in [-0.2, -0.15) is 0 Å². The molecule has 3 N–H and O–H groups in total. The number of hydrogen-bond donors (Lipinski definition) is 2. The second kappa shape index (κ2) is 7.15. The molecule has 2 unspecified atom stereocenters. The van der Waals surface area contributed by atoms with Crippen molar-refractivity contribution in [1.82, 2.24) is 10.3 Å². The van der Waals surface area contributed by atoms with Crippen LogP contribution in [-0.2, 0) is 4.74 Å². The Balaban J connectivity index is 2.26. The first-order valence-corrected chi connectivity index (χ1v) is 7.69. The largest absolute Gasteiger partial charge is 0.374 e. The first kappa shape index (κ1) is 16.1. The third-order valence-corrected chi connectivity index (χ3v) is 4.83. The summed E-state index contributed by atoms with van der Waals surface area (Å²) in [6.45, 7) is 5.22. The molecular weight excluding hydrogens is 349 g/mol. The van der Waals surface area contributed by atoms with Gasteiger partial charge in [0, 0.05) is 23.1 Å². The molecule has 1 heterocycles. The average molecular weight is 367 g/mol. The Hall–Kier alpha value is -0.240. The third-order valence-electron chi connectivity index (χ3n) is 3.58. The lowest BCUT2D eigenvalue weighted by Crippen LogP contribution is -2.49. The van der Waals surface area contributed by atoms with Gasteiger partial charge in [0.1, 0.15) is 5.82 Å². The van der Waals surface area contributed by atoms with Gasteiger partial charge < -0.3 is 4.74 Å². The van der Waals surface area contributed by atoms with Crippen LogP contribution in [0.3, 0.4) is 0 Å². The molecule has 1 fully saturated rings. The van der Waals surface area contributed by atoms with Crippen molar-refractivity contribution in [3.8, 4) is 0 Å². The molecule has 2 rings (SSSR count). The maximum Gasteiger partial charge on any atom is 0.147 e. The van der Waals surface area contributed by atoms with Crippen LogP contribution in [0, 0.1) is 5.82 Å². The van der Waals surface area contributed by atoms with Gasteiger partial charge in [-0.3, -0.25) is 16.2 Å². The van der Waals surface area contributed by atoms with Crippen LogP contribution in [0.15, 0.2) is 16.6 Å². The van der Waals surface area contributed by atoms with Crippen molar-refractivity contribution in [2.75, 3.05) is 26.2 Å². The lowest BCUT2D eigenvalue weighted by Gasteiger charge is -2.36. The molecule has 0 spiro atoms. The second-order valence-corrected chi connectivity index (χ2v) is 5.94. The van der Waals surface area contributed by atoms with Crippen molar-refractivity contribution < 1.29 is 9.13 Å². The lowest BCUT2D eigenvalue weighted by molar-refractivity contribution is -0.0461. The summed E-state index contributed by atoms with van der Waals surface area (Å²) in [5, 5.41) is 0.0610. The van der Waals surface area contributed by atoms with Crippen molar-refractivity contribution in [3.05, 3.63) is 33.0 Å². The summed E-state index contributed by atoms with van der Waals surface area (Å²) in [4.78, 5) is 2.25. The smallest absolute Gasteiger partial charge is 0.147 e. The number of nitrogens with zero attached hydrogens (tertiary/aromatic N) is 1. The van der Waals surface area contributed by atoms with E-state index >= 15 is 0 Å². The molecule has 0 bridgehead atoms. The number of hydrogen-bond acceptors (Lipinski definition) is 4. The van der Waals surface area contributed by atoms with Crippen LogP contribution in [0.5, 0.6) is 0 Å². The standard InChI is InChI=1S/C13H18BrClFN3O/c1-2-19-5-6-20-10(7-19)13(18-17)8-3-4-9(14)11(15)12(8)16/h3-4,10,13,18H,2,5-7,17H2,1H3. The van der Waals surface area contributed by atoms with Crippen LogP contribution in [0.25, 0.3) is 0 Å².